The number of nitrogens with zero attached hydrogens (tertiary/aromatic N) is 1. The van der Waals surface area contributed by atoms with Crippen molar-refractivity contribution < 1.29 is 14.6 Å². The van der Waals surface area contributed by atoms with E-state index in [-0.39, 0.29) is 18.9 Å². The van der Waals surface area contributed by atoms with Crippen LogP contribution >= 0.6 is 0 Å². The summed E-state index contributed by atoms with van der Waals surface area (Å²) in [6, 6.07) is 7.62. The van der Waals surface area contributed by atoms with E-state index in [1.54, 1.807) is 12.3 Å². The number of carbonyl (C=O) groups is 1. The maximum absolute atomic E-state index is 11.9. The highest BCUT2D eigenvalue weighted by Gasteiger charge is 2.07. The quantitative estimate of drug-likeness (QED) is 0.860. The number of nitrogens with one attached hydrogen (secondary N) is 1. The molecule has 2 aromatic rings. The van der Waals surface area contributed by atoms with Crippen LogP contribution in [0, 0.1) is 13.8 Å². The molecular formula is C17H20N2O3. The zero-order chi connectivity index (χ0) is 15.9. The molecule has 0 aliphatic heterocycles. The van der Waals surface area contributed by atoms with Crippen molar-refractivity contribution in [2.24, 2.45) is 0 Å². The Hall–Kier alpha value is -2.40. The van der Waals surface area contributed by atoms with E-state index < -0.39 is 0 Å². The third-order valence-electron chi connectivity index (χ3n) is 3.15. The van der Waals surface area contributed by atoms with Gasteiger partial charge in [-0.05, 0) is 43.2 Å². The van der Waals surface area contributed by atoms with E-state index in [0.717, 1.165) is 16.9 Å². The molecule has 0 spiro atoms. The first-order valence-electron chi connectivity index (χ1n) is 7.13. The number of aliphatic hydroxyl groups excluding tert-OH is 1. The molecule has 0 bridgehead atoms. The Labute approximate surface area is 130 Å². The molecule has 0 saturated carbocycles. The minimum Gasteiger partial charge on any atom is -0.493 e. The second-order valence-corrected chi connectivity index (χ2v) is 5.16. The maximum atomic E-state index is 11.9. The summed E-state index contributed by atoms with van der Waals surface area (Å²) in [5.74, 6) is 0.592. The lowest BCUT2D eigenvalue weighted by Crippen LogP contribution is -2.16. The van der Waals surface area contributed by atoms with E-state index in [4.69, 9.17) is 4.74 Å². The molecule has 1 aromatic carbocycles. The Morgan fingerprint density at radius 2 is 2.00 bits per heavy atom. The molecule has 116 valence electrons. The molecule has 0 unspecified atom stereocenters. The van der Waals surface area contributed by atoms with Crippen molar-refractivity contribution in [2.45, 2.75) is 26.9 Å². The number of benzene rings is 1. The van der Waals surface area contributed by atoms with Crippen LogP contribution in [0.25, 0.3) is 0 Å². The number of aryl methyl sites for hydroxylation is 2. The van der Waals surface area contributed by atoms with Crippen LogP contribution in [-0.4, -0.2) is 22.6 Å². The van der Waals surface area contributed by atoms with Gasteiger partial charge in [-0.2, -0.15) is 0 Å². The van der Waals surface area contributed by atoms with Crippen molar-refractivity contribution in [1.29, 1.82) is 0 Å². The lowest BCUT2D eigenvalue weighted by atomic mass is 10.1. The van der Waals surface area contributed by atoms with Gasteiger partial charge in [0.1, 0.15) is 5.75 Å². The second kappa shape index (κ2) is 7.56. The molecule has 5 nitrogen and oxygen atoms in total. The maximum Gasteiger partial charge on any atom is 0.227 e. The van der Waals surface area contributed by atoms with E-state index in [1.807, 2.05) is 26.0 Å². The fraction of sp³-hybridized carbons (Fsp3) is 0.294. The van der Waals surface area contributed by atoms with Gasteiger partial charge in [-0.3, -0.25) is 9.78 Å². The van der Waals surface area contributed by atoms with Gasteiger partial charge in [-0.25, -0.2) is 0 Å². The first-order chi connectivity index (χ1) is 10.6. The monoisotopic (exact) mass is 300 g/mol. The van der Waals surface area contributed by atoms with Gasteiger partial charge in [-0.1, -0.05) is 6.07 Å². The topological polar surface area (TPSA) is 71.5 Å². The van der Waals surface area contributed by atoms with Crippen LogP contribution in [0.2, 0.25) is 0 Å². The molecule has 5 heteroatoms. The van der Waals surface area contributed by atoms with Gasteiger partial charge in [-0.15, -0.1) is 0 Å². The molecule has 0 saturated heterocycles. The SMILES string of the molecule is Cc1cc(C)cc(OCCC(=O)Nc2cnccc2CO)c1. The summed E-state index contributed by atoms with van der Waals surface area (Å²) in [6.07, 6.45) is 3.32. The smallest absolute Gasteiger partial charge is 0.227 e. The number of hydrogen-bond donors (Lipinski definition) is 2. The van der Waals surface area contributed by atoms with E-state index in [0.29, 0.717) is 17.9 Å². The average Bonchev–Trinajstić information content (AvgIpc) is 2.46. The Morgan fingerprint density at radius 1 is 1.27 bits per heavy atom. The summed E-state index contributed by atoms with van der Waals surface area (Å²) >= 11 is 0. The van der Waals surface area contributed by atoms with Crippen molar-refractivity contribution in [1.82, 2.24) is 4.98 Å². The molecule has 0 aliphatic carbocycles. The Morgan fingerprint density at radius 3 is 2.68 bits per heavy atom. The van der Waals surface area contributed by atoms with Crippen LogP contribution in [-0.2, 0) is 11.4 Å². The average molecular weight is 300 g/mol. The largest absolute Gasteiger partial charge is 0.493 e. The second-order valence-electron chi connectivity index (χ2n) is 5.16. The number of anilines is 1. The summed E-state index contributed by atoms with van der Waals surface area (Å²) in [4.78, 5) is 15.8. The molecule has 22 heavy (non-hydrogen) atoms. The van der Waals surface area contributed by atoms with Gasteiger partial charge >= 0.3 is 0 Å². The highest BCUT2D eigenvalue weighted by atomic mass is 16.5. The fourth-order valence-corrected chi connectivity index (χ4v) is 2.16. The van der Waals surface area contributed by atoms with Crippen molar-refractivity contribution in [3.8, 4) is 5.75 Å². The molecule has 0 fully saturated rings. The van der Waals surface area contributed by atoms with Crippen molar-refractivity contribution in [3.63, 3.8) is 0 Å². The van der Waals surface area contributed by atoms with Gasteiger partial charge in [0.25, 0.3) is 0 Å². The van der Waals surface area contributed by atoms with Crippen LogP contribution in [0.3, 0.4) is 0 Å². The lowest BCUT2D eigenvalue weighted by Gasteiger charge is -2.10. The van der Waals surface area contributed by atoms with Crippen LogP contribution in [0.15, 0.2) is 36.7 Å². The molecule has 1 heterocycles. The minimum atomic E-state index is -0.174. The number of amides is 1. The number of aromatic nitrogens is 1. The van der Waals surface area contributed by atoms with E-state index >= 15 is 0 Å². The Kier molecular flexibility index (Phi) is 5.49. The number of aliphatic hydroxyl groups is 1. The molecule has 1 aromatic heterocycles. The molecule has 0 atom stereocenters. The highest BCUT2D eigenvalue weighted by molar-refractivity contribution is 5.91. The van der Waals surface area contributed by atoms with Crippen LogP contribution < -0.4 is 10.1 Å². The molecular weight excluding hydrogens is 280 g/mol. The number of carbonyl (C=O) groups excluding carboxylic acids is 1. The third kappa shape index (κ3) is 4.56. The molecule has 2 N–H and O–H groups in total. The van der Waals surface area contributed by atoms with E-state index in [1.165, 1.54) is 6.20 Å². The first kappa shape index (κ1) is 16.0. The molecule has 0 aliphatic rings. The predicted molar refractivity (Wildman–Crippen MR) is 84.8 cm³/mol. The zero-order valence-electron chi connectivity index (χ0n) is 12.8. The van der Waals surface area contributed by atoms with Crippen LogP contribution in [0.5, 0.6) is 5.75 Å². The van der Waals surface area contributed by atoms with Gasteiger partial charge in [0.15, 0.2) is 0 Å². The van der Waals surface area contributed by atoms with Gasteiger partial charge < -0.3 is 15.2 Å². The van der Waals surface area contributed by atoms with Gasteiger partial charge in [0.05, 0.1) is 31.5 Å². The Balaban J connectivity index is 1.85. The summed E-state index contributed by atoms with van der Waals surface area (Å²) in [5.41, 5.74) is 3.42. The highest BCUT2D eigenvalue weighted by Crippen LogP contribution is 2.17. The van der Waals surface area contributed by atoms with Crippen molar-refractivity contribution in [2.75, 3.05) is 11.9 Å². The van der Waals surface area contributed by atoms with Gasteiger partial charge in [0.2, 0.25) is 5.91 Å². The van der Waals surface area contributed by atoms with Crippen molar-refractivity contribution >= 4 is 11.6 Å². The van der Waals surface area contributed by atoms with Crippen molar-refractivity contribution in [3.05, 3.63) is 53.3 Å². The number of hydrogen-bond acceptors (Lipinski definition) is 4. The number of rotatable bonds is 6. The normalized spacial score (nSPS) is 10.3. The number of ether oxygens (including phenoxy) is 1. The van der Waals surface area contributed by atoms with E-state index in [2.05, 4.69) is 16.4 Å². The summed E-state index contributed by atoms with van der Waals surface area (Å²) in [5, 5.41) is 11.9. The predicted octanol–water partition coefficient (Wildman–Crippen LogP) is 2.60. The molecule has 2 rings (SSSR count). The molecule has 0 radical (unpaired) electrons. The van der Waals surface area contributed by atoms with Gasteiger partial charge in [0, 0.05) is 11.8 Å². The van der Waals surface area contributed by atoms with Crippen LogP contribution in [0.4, 0.5) is 5.69 Å². The van der Waals surface area contributed by atoms with Crippen LogP contribution in [0.1, 0.15) is 23.1 Å². The zero-order valence-corrected chi connectivity index (χ0v) is 12.8. The fourth-order valence-electron chi connectivity index (χ4n) is 2.16. The number of pyridine rings is 1. The summed E-state index contributed by atoms with van der Waals surface area (Å²) < 4.78 is 5.61. The Bertz CT molecular complexity index is 636. The summed E-state index contributed by atoms with van der Waals surface area (Å²) in [7, 11) is 0. The summed E-state index contributed by atoms with van der Waals surface area (Å²) in [6.45, 7) is 4.16. The lowest BCUT2D eigenvalue weighted by molar-refractivity contribution is -0.116. The standard InChI is InChI=1S/C17H20N2O3/c1-12-7-13(2)9-15(8-12)22-6-4-17(21)19-16-10-18-5-3-14(16)11-20/h3,5,7-10,20H,4,6,11H2,1-2H3,(H,19,21). The van der Waals surface area contributed by atoms with E-state index in [9.17, 15) is 9.90 Å². The first-order valence-corrected chi connectivity index (χ1v) is 7.13. The third-order valence-corrected chi connectivity index (χ3v) is 3.15. The minimum absolute atomic E-state index is 0.142. The molecule has 1 amide bonds.